The van der Waals surface area contributed by atoms with E-state index in [0.29, 0.717) is 19.1 Å². The summed E-state index contributed by atoms with van der Waals surface area (Å²) >= 11 is 1.57. The maximum absolute atomic E-state index is 12.2. The van der Waals surface area contributed by atoms with Gasteiger partial charge in [-0.05, 0) is 37.7 Å². The van der Waals surface area contributed by atoms with Gasteiger partial charge in [-0.1, -0.05) is 13.8 Å². The second-order valence-corrected chi connectivity index (χ2v) is 6.98. The predicted molar refractivity (Wildman–Crippen MR) is 92.0 cm³/mol. The molecule has 23 heavy (non-hydrogen) atoms. The molecule has 0 saturated heterocycles. The smallest absolute Gasteiger partial charge is 0.245 e. The van der Waals surface area contributed by atoms with Gasteiger partial charge in [0.15, 0.2) is 0 Å². The van der Waals surface area contributed by atoms with Crippen molar-refractivity contribution in [1.29, 1.82) is 0 Å². The van der Waals surface area contributed by atoms with Gasteiger partial charge in [0.05, 0.1) is 18.2 Å². The molecule has 0 aliphatic rings. The van der Waals surface area contributed by atoms with Gasteiger partial charge in [-0.2, -0.15) is 11.8 Å². The fraction of sp³-hybridized carbons (Fsp3) is 0.800. The number of rotatable bonds is 11. The molecule has 134 valence electrons. The molecule has 0 aliphatic carbocycles. The highest BCUT2D eigenvalue weighted by Crippen LogP contribution is 2.05. The molecule has 0 spiro atoms. The number of aliphatic hydroxyl groups excluding tert-OH is 1. The second kappa shape index (κ2) is 11.4. The summed E-state index contributed by atoms with van der Waals surface area (Å²) in [5.41, 5.74) is 5.75. The van der Waals surface area contributed by atoms with Crippen molar-refractivity contribution in [2.75, 3.05) is 12.0 Å². The highest BCUT2D eigenvalue weighted by Gasteiger charge is 2.29. The lowest BCUT2D eigenvalue weighted by Gasteiger charge is -2.24. The van der Waals surface area contributed by atoms with Crippen molar-refractivity contribution in [2.45, 2.75) is 57.8 Å². The van der Waals surface area contributed by atoms with Crippen molar-refractivity contribution in [3.8, 4) is 0 Å². The molecular weight excluding hydrogens is 318 g/mol. The highest BCUT2D eigenvalue weighted by atomic mass is 32.2. The number of nitrogens with two attached hydrogens (primary N) is 1. The molecule has 0 heterocycles. The normalized spacial score (nSPS) is 16.3. The Balaban J connectivity index is 4.74. The molecule has 0 aromatic rings. The SMILES string of the molecule is CSCC[C@H](N)C(=O)N[C@H](C(=O)N[C@H](C=O)CC(C)C)[C@@H](C)O. The van der Waals surface area contributed by atoms with E-state index in [4.69, 9.17) is 5.73 Å². The maximum atomic E-state index is 12.2. The van der Waals surface area contributed by atoms with Crippen LogP contribution in [0.15, 0.2) is 0 Å². The van der Waals surface area contributed by atoms with Crippen LogP contribution >= 0.6 is 11.8 Å². The number of hydrogen-bond donors (Lipinski definition) is 4. The fourth-order valence-electron chi connectivity index (χ4n) is 1.97. The first kappa shape index (κ1) is 21.9. The van der Waals surface area contributed by atoms with Crippen LogP contribution in [0.3, 0.4) is 0 Å². The first-order valence-corrected chi connectivity index (χ1v) is 9.10. The lowest BCUT2D eigenvalue weighted by molar-refractivity contribution is -0.133. The fourth-order valence-corrected chi connectivity index (χ4v) is 2.46. The minimum absolute atomic E-state index is 0.227. The molecule has 7 nitrogen and oxygen atoms in total. The first-order chi connectivity index (χ1) is 10.7. The molecule has 0 aromatic carbocycles. The number of nitrogens with one attached hydrogen (secondary N) is 2. The summed E-state index contributed by atoms with van der Waals surface area (Å²) in [5, 5.41) is 14.7. The summed E-state index contributed by atoms with van der Waals surface area (Å²) in [6, 6.07) is -2.53. The zero-order chi connectivity index (χ0) is 18.0. The minimum Gasteiger partial charge on any atom is -0.391 e. The number of carbonyl (C=O) groups excluding carboxylic acids is 3. The average Bonchev–Trinajstić information content (AvgIpc) is 2.47. The number of carbonyl (C=O) groups is 3. The van der Waals surface area contributed by atoms with Gasteiger partial charge >= 0.3 is 0 Å². The van der Waals surface area contributed by atoms with Crippen molar-refractivity contribution in [2.24, 2.45) is 11.7 Å². The lowest BCUT2D eigenvalue weighted by Crippen LogP contribution is -2.57. The Morgan fingerprint density at radius 3 is 2.26 bits per heavy atom. The van der Waals surface area contributed by atoms with Crippen LogP contribution in [0.4, 0.5) is 0 Å². The van der Waals surface area contributed by atoms with Gasteiger partial charge in [-0.3, -0.25) is 9.59 Å². The topological polar surface area (TPSA) is 122 Å². The van der Waals surface area contributed by atoms with Crippen LogP contribution in [-0.2, 0) is 14.4 Å². The van der Waals surface area contributed by atoms with Crippen molar-refractivity contribution < 1.29 is 19.5 Å². The van der Waals surface area contributed by atoms with Gasteiger partial charge in [-0.15, -0.1) is 0 Å². The zero-order valence-corrected chi connectivity index (χ0v) is 15.1. The molecule has 0 rings (SSSR count). The standard InChI is InChI=1S/C15H29N3O4S/c1-9(2)7-11(8-19)17-15(22)13(10(3)20)18-14(21)12(16)5-6-23-4/h8-13,20H,5-7,16H2,1-4H3,(H,17,22)(H,18,21)/t10-,11+,12+,13+/m1/s1. The second-order valence-electron chi connectivity index (χ2n) is 6.00. The van der Waals surface area contributed by atoms with Crippen LogP contribution < -0.4 is 16.4 Å². The van der Waals surface area contributed by atoms with Crippen molar-refractivity contribution in [3.63, 3.8) is 0 Å². The number of aldehydes is 1. The summed E-state index contributed by atoms with van der Waals surface area (Å²) in [5.74, 6) is -0.137. The largest absolute Gasteiger partial charge is 0.391 e. The highest BCUT2D eigenvalue weighted by molar-refractivity contribution is 7.98. The monoisotopic (exact) mass is 347 g/mol. The number of hydrogen-bond acceptors (Lipinski definition) is 6. The number of aliphatic hydroxyl groups is 1. The molecule has 0 bridgehead atoms. The van der Waals surface area contributed by atoms with E-state index < -0.39 is 36.0 Å². The van der Waals surface area contributed by atoms with Crippen molar-refractivity contribution in [3.05, 3.63) is 0 Å². The molecule has 2 amide bonds. The van der Waals surface area contributed by atoms with E-state index in [0.717, 1.165) is 5.75 Å². The van der Waals surface area contributed by atoms with E-state index >= 15 is 0 Å². The van der Waals surface area contributed by atoms with E-state index in [2.05, 4.69) is 10.6 Å². The quantitative estimate of drug-likeness (QED) is 0.380. The van der Waals surface area contributed by atoms with Gasteiger partial charge in [0.25, 0.3) is 0 Å². The third-order valence-electron chi connectivity index (χ3n) is 3.25. The van der Waals surface area contributed by atoms with E-state index in [1.54, 1.807) is 11.8 Å². The summed E-state index contributed by atoms with van der Waals surface area (Å²) in [4.78, 5) is 35.2. The number of amides is 2. The van der Waals surface area contributed by atoms with Gasteiger partial charge in [-0.25, -0.2) is 0 Å². The molecule has 0 unspecified atom stereocenters. The van der Waals surface area contributed by atoms with E-state index in [1.807, 2.05) is 20.1 Å². The maximum Gasteiger partial charge on any atom is 0.245 e. The predicted octanol–water partition coefficient (Wildman–Crippen LogP) is -0.338. The molecule has 0 saturated carbocycles. The molecule has 0 radical (unpaired) electrons. The summed E-state index contributed by atoms with van der Waals surface area (Å²) in [6.07, 6.45) is 2.43. The Kier molecular flexibility index (Phi) is 10.9. The third kappa shape index (κ3) is 8.92. The molecule has 8 heteroatoms. The van der Waals surface area contributed by atoms with Crippen molar-refractivity contribution in [1.82, 2.24) is 10.6 Å². The molecule has 0 aromatic heterocycles. The van der Waals surface area contributed by atoms with Crippen LogP contribution in [0.5, 0.6) is 0 Å². The van der Waals surface area contributed by atoms with E-state index in [9.17, 15) is 19.5 Å². The van der Waals surface area contributed by atoms with E-state index in [-0.39, 0.29) is 5.92 Å². The molecule has 5 N–H and O–H groups in total. The van der Waals surface area contributed by atoms with Crippen LogP contribution in [-0.4, -0.2) is 59.4 Å². The molecule has 4 atom stereocenters. The molecular formula is C15H29N3O4S. The Morgan fingerprint density at radius 1 is 1.22 bits per heavy atom. The lowest BCUT2D eigenvalue weighted by atomic mass is 10.0. The van der Waals surface area contributed by atoms with Crippen LogP contribution in [0.25, 0.3) is 0 Å². The Labute approximate surface area is 142 Å². The van der Waals surface area contributed by atoms with Crippen LogP contribution in [0.2, 0.25) is 0 Å². The molecule has 0 aliphatic heterocycles. The van der Waals surface area contributed by atoms with Crippen LogP contribution in [0.1, 0.15) is 33.6 Å². The van der Waals surface area contributed by atoms with E-state index in [1.165, 1.54) is 6.92 Å². The molecule has 0 fully saturated rings. The first-order valence-electron chi connectivity index (χ1n) is 7.71. The summed E-state index contributed by atoms with van der Waals surface area (Å²) in [6.45, 7) is 5.26. The third-order valence-corrected chi connectivity index (χ3v) is 3.89. The van der Waals surface area contributed by atoms with Gasteiger partial charge in [0.2, 0.25) is 11.8 Å². The Bertz CT molecular complexity index is 391. The van der Waals surface area contributed by atoms with Gasteiger partial charge in [0.1, 0.15) is 12.3 Å². The Morgan fingerprint density at radius 2 is 1.83 bits per heavy atom. The summed E-state index contributed by atoms with van der Waals surface area (Å²) < 4.78 is 0. The average molecular weight is 347 g/mol. The van der Waals surface area contributed by atoms with Gasteiger partial charge < -0.3 is 26.3 Å². The zero-order valence-electron chi connectivity index (χ0n) is 14.2. The minimum atomic E-state index is -1.14. The van der Waals surface area contributed by atoms with Crippen molar-refractivity contribution >= 4 is 29.9 Å². The number of thioether (sulfide) groups is 1. The summed E-state index contributed by atoms with van der Waals surface area (Å²) in [7, 11) is 0. The van der Waals surface area contributed by atoms with Gasteiger partial charge in [0, 0.05) is 0 Å². The van der Waals surface area contributed by atoms with Crippen LogP contribution in [0, 0.1) is 5.92 Å². The Hall–Kier alpha value is -1.12.